The number of carbonyl (C=O) groups is 1. The van der Waals surface area contributed by atoms with Gasteiger partial charge in [0.25, 0.3) is 5.56 Å². The van der Waals surface area contributed by atoms with Crippen LogP contribution in [0.1, 0.15) is 23.1 Å². The van der Waals surface area contributed by atoms with Gasteiger partial charge in [-0.25, -0.2) is 0 Å². The van der Waals surface area contributed by atoms with E-state index in [1.165, 1.54) is 0 Å². The number of H-pyrrole nitrogens is 1. The summed E-state index contributed by atoms with van der Waals surface area (Å²) in [5, 5.41) is 3.91. The van der Waals surface area contributed by atoms with Gasteiger partial charge in [-0.3, -0.25) is 9.59 Å². The highest BCUT2D eigenvalue weighted by atomic mass is 16.1. The molecule has 4 heteroatoms. The molecule has 0 bridgehead atoms. The highest BCUT2D eigenvalue weighted by molar-refractivity contribution is 5.91. The number of rotatable bonds is 4. The molecular formula is C20H20N2O2. The molecule has 0 aliphatic rings. The third-order valence-electron chi connectivity index (χ3n) is 4.04. The average Bonchev–Trinajstić information content (AvgIpc) is 2.54. The minimum absolute atomic E-state index is 0.0157. The van der Waals surface area contributed by atoms with E-state index in [0.717, 1.165) is 27.7 Å². The Morgan fingerprint density at radius 1 is 1.08 bits per heavy atom. The number of benzene rings is 2. The Morgan fingerprint density at radius 2 is 1.92 bits per heavy atom. The Hall–Kier alpha value is -2.88. The third kappa shape index (κ3) is 3.71. The lowest BCUT2D eigenvalue weighted by Gasteiger charge is -2.07. The van der Waals surface area contributed by atoms with Gasteiger partial charge in [0.1, 0.15) is 0 Å². The Morgan fingerprint density at radius 3 is 2.71 bits per heavy atom. The first-order valence-electron chi connectivity index (χ1n) is 8.00. The summed E-state index contributed by atoms with van der Waals surface area (Å²) in [6.07, 6.45) is 1.03. The second-order valence-electron chi connectivity index (χ2n) is 6.12. The highest BCUT2D eigenvalue weighted by Crippen LogP contribution is 2.15. The maximum absolute atomic E-state index is 12.1. The van der Waals surface area contributed by atoms with E-state index < -0.39 is 0 Å². The lowest BCUT2D eigenvalue weighted by Crippen LogP contribution is -2.12. The molecule has 3 rings (SSSR count). The summed E-state index contributed by atoms with van der Waals surface area (Å²) in [4.78, 5) is 26.7. The van der Waals surface area contributed by atoms with Crippen LogP contribution in [0.2, 0.25) is 0 Å². The van der Waals surface area contributed by atoms with Gasteiger partial charge in [0.15, 0.2) is 0 Å². The number of anilines is 1. The number of pyridine rings is 1. The minimum atomic E-state index is -0.0724. The lowest BCUT2D eigenvalue weighted by molar-refractivity contribution is -0.116. The fourth-order valence-electron chi connectivity index (χ4n) is 2.72. The van der Waals surface area contributed by atoms with Gasteiger partial charge >= 0.3 is 0 Å². The second-order valence-corrected chi connectivity index (χ2v) is 6.12. The number of fused-ring (bicyclic) bond motifs is 1. The first-order valence-corrected chi connectivity index (χ1v) is 8.00. The van der Waals surface area contributed by atoms with E-state index in [9.17, 15) is 9.59 Å². The molecule has 0 aliphatic heterocycles. The second kappa shape index (κ2) is 6.71. The molecule has 3 aromatic rings. The smallest absolute Gasteiger partial charge is 0.251 e. The maximum atomic E-state index is 12.1. The van der Waals surface area contributed by atoms with Crippen molar-refractivity contribution >= 4 is 22.5 Å². The van der Waals surface area contributed by atoms with E-state index in [1.807, 2.05) is 55.5 Å². The number of amides is 1. The molecule has 4 nitrogen and oxygen atoms in total. The summed E-state index contributed by atoms with van der Waals surface area (Å²) in [5.41, 5.74) is 4.40. The van der Waals surface area contributed by atoms with E-state index in [1.54, 1.807) is 6.92 Å². The van der Waals surface area contributed by atoms with E-state index in [-0.39, 0.29) is 11.5 Å². The Balaban J connectivity index is 1.68. The zero-order valence-corrected chi connectivity index (χ0v) is 13.8. The van der Waals surface area contributed by atoms with E-state index in [4.69, 9.17) is 0 Å². The first-order chi connectivity index (χ1) is 11.5. The van der Waals surface area contributed by atoms with E-state index in [2.05, 4.69) is 10.3 Å². The van der Waals surface area contributed by atoms with Crippen molar-refractivity contribution in [2.75, 3.05) is 5.32 Å². The zero-order valence-electron chi connectivity index (χ0n) is 13.8. The summed E-state index contributed by atoms with van der Waals surface area (Å²) < 4.78 is 0. The molecule has 2 N–H and O–H groups in total. The Kier molecular flexibility index (Phi) is 4.47. The molecule has 0 aliphatic carbocycles. The molecule has 0 radical (unpaired) electrons. The number of aromatic amines is 1. The number of hydrogen-bond donors (Lipinski definition) is 2. The van der Waals surface area contributed by atoms with Crippen molar-refractivity contribution < 1.29 is 4.79 Å². The summed E-state index contributed by atoms with van der Waals surface area (Å²) >= 11 is 0. The zero-order chi connectivity index (χ0) is 17.1. The SMILES string of the molecule is Cc1cccc(NC(=O)CCc2ccc3cc(C)c(=O)[nH]c3c2)c1. The summed E-state index contributed by atoms with van der Waals surface area (Å²) in [7, 11) is 0. The molecule has 1 heterocycles. The molecular weight excluding hydrogens is 300 g/mol. The molecule has 0 fully saturated rings. The number of carbonyl (C=O) groups excluding carboxylic acids is 1. The average molecular weight is 320 g/mol. The first kappa shape index (κ1) is 16.0. The minimum Gasteiger partial charge on any atom is -0.326 e. The molecule has 2 aromatic carbocycles. The van der Waals surface area contributed by atoms with Crippen molar-refractivity contribution in [2.24, 2.45) is 0 Å². The molecule has 1 amide bonds. The van der Waals surface area contributed by atoms with E-state index >= 15 is 0 Å². The maximum Gasteiger partial charge on any atom is 0.251 e. The van der Waals surface area contributed by atoms with Crippen LogP contribution >= 0.6 is 0 Å². The van der Waals surface area contributed by atoms with E-state index in [0.29, 0.717) is 18.4 Å². The van der Waals surface area contributed by atoms with Crippen LogP contribution in [0.5, 0.6) is 0 Å². The molecule has 0 atom stereocenters. The van der Waals surface area contributed by atoms with Crippen LogP contribution in [0.4, 0.5) is 5.69 Å². The number of nitrogens with one attached hydrogen (secondary N) is 2. The predicted octanol–water partition coefficient (Wildman–Crippen LogP) is 3.72. The van der Waals surface area contributed by atoms with Crippen LogP contribution in [-0.4, -0.2) is 10.9 Å². The third-order valence-corrected chi connectivity index (χ3v) is 4.04. The molecule has 24 heavy (non-hydrogen) atoms. The molecule has 122 valence electrons. The van der Waals surface area contributed by atoms with Gasteiger partial charge in [-0.2, -0.15) is 0 Å². The van der Waals surface area contributed by atoms with Crippen molar-refractivity contribution in [2.45, 2.75) is 26.7 Å². The fourth-order valence-corrected chi connectivity index (χ4v) is 2.72. The van der Waals surface area contributed by atoms with Crippen molar-refractivity contribution in [3.63, 3.8) is 0 Å². The molecule has 0 unspecified atom stereocenters. The van der Waals surface area contributed by atoms with Crippen LogP contribution in [0.15, 0.2) is 53.3 Å². The fraction of sp³-hybridized carbons (Fsp3) is 0.200. The van der Waals surface area contributed by atoms with Crippen LogP contribution in [-0.2, 0) is 11.2 Å². The molecule has 1 aromatic heterocycles. The number of aromatic nitrogens is 1. The van der Waals surface area contributed by atoms with Gasteiger partial charge in [-0.1, -0.05) is 24.3 Å². The topological polar surface area (TPSA) is 62.0 Å². The molecule has 0 saturated carbocycles. The van der Waals surface area contributed by atoms with Crippen LogP contribution in [0, 0.1) is 13.8 Å². The summed E-state index contributed by atoms with van der Waals surface area (Å²) in [6, 6.07) is 15.5. The normalized spacial score (nSPS) is 10.8. The number of aryl methyl sites for hydroxylation is 3. The monoisotopic (exact) mass is 320 g/mol. The van der Waals surface area contributed by atoms with Gasteiger partial charge in [0.05, 0.1) is 0 Å². The van der Waals surface area contributed by atoms with Gasteiger partial charge in [-0.15, -0.1) is 0 Å². The van der Waals surface area contributed by atoms with Gasteiger partial charge < -0.3 is 10.3 Å². The number of hydrogen-bond acceptors (Lipinski definition) is 2. The molecule has 0 spiro atoms. The lowest BCUT2D eigenvalue weighted by atomic mass is 10.1. The van der Waals surface area contributed by atoms with Crippen molar-refractivity contribution in [3.8, 4) is 0 Å². The van der Waals surface area contributed by atoms with Crippen LogP contribution in [0.25, 0.3) is 10.9 Å². The standard InChI is InChI=1S/C20H20N2O2/c1-13-4-3-5-17(10-13)21-19(23)9-7-15-6-8-16-11-14(2)20(24)22-18(16)12-15/h3-6,8,10-12H,7,9H2,1-2H3,(H,21,23)(H,22,24). The van der Waals surface area contributed by atoms with Gasteiger partial charge in [0.2, 0.25) is 5.91 Å². The predicted molar refractivity (Wildman–Crippen MR) is 97.4 cm³/mol. The molecule has 0 saturated heterocycles. The Labute approximate surface area is 140 Å². The van der Waals surface area contributed by atoms with Crippen molar-refractivity contribution in [1.29, 1.82) is 0 Å². The quantitative estimate of drug-likeness (QED) is 0.769. The van der Waals surface area contributed by atoms with Crippen LogP contribution in [0.3, 0.4) is 0 Å². The summed E-state index contributed by atoms with van der Waals surface area (Å²) in [5.74, 6) is -0.0157. The van der Waals surface area contributed by atoms with Crippen molar-refractivity contribution in [3.05, 3.63) is 75.6 Å². The largest absolute Gasteiger partial charge is 0.326 e. The summed E-state index contributed by atoms with van der Waals surface area (Å²) in [6.45, 7) is 3.79. The van der Waals surface area contributed by atoms with Crippen molar-refractivity contribution in [1.82, 2.24) is 4.98 Å². The van der Waals surface area contributed by atoms with Crippen LogP contribution < -0.4 is 10.9 Å². The van der Waals surface area contributed by atoms with Gasteiger partial charge in [-0.05, 0) is 61.0 Å². The van der Waals surface area contributed by atoms with Gasteiger partial charge in [0, 0.05) is 23.2 Å². The highest BCUT2D eigenvalue weighted by Gasteiger charge is 2.05. The Bertz CT molecular complexity index is 957.